The van der Waals surface area contributed by atoms with Crippen molar-refractivity contribution in [2.75, 3.05) is 13.2 Å². The summed E-state index contributed by atoms with van der Waals surface area (Å²) in [5.74, 6) is 0.601. The molecule has 3 nitrogen and oxygen atoms in total. The number of nitrogens with two attached hydrogens (primary N) is 1. The number of hydrogen-bond donors (Lipinski definition) is 3. The van der Waals surface area contributed by atoms with Crippen molar-refractivity contribution in [1.29, 1.82) is 0 Å². The zero-order chi connectivity index (χ0) is 11.3. The van der Waals surface area contributed by atoms with Crippen LogP contribution in [0.1, 0.15) is 33.6 Å². The van der Waals surface area contributed by atoms with Crippen LogP contribution in [0.5, 0.6) is 0 Å². The van der Waals surface area contributed by atoms with Crippen molar-refractivity contribution in [3.05, 3.63) is 0 Å². The lowest BCUT2D eigenvalue weighted by Crippen LogP contribution is -2.94. The van der Waals surface area contributed by atoms with Gasteiger partial charge in [0.15, 0.2) is 0 Å². The molecule has 88 valence electrons. The van der Waals surface area contributed by atoms with Crippen LogP contribution < -0.4 is 5.32 Å². The highest BCUT2D eigenvalue weighted by atomic mass is 16.3. The number of aliphatic hydroxyl groups is 2. The quantitative estimate of drug-likeness (QED) is 0.605. The molecule has 2 aliphatic rings. The minimum atomic E-state index is -0.210. The van der Waals surface area contributed by atoms with Crippen LogP contribution >= 0.6 is 0 Å². The third-order valence-corrected chi connectivity index (χ3v) is 5.42. The van der Waals surface area contributed by atoms with E-state index in [-0.39, 0.29) is 23.5 Å². The summed E-state index contributed by atoms with van der Waals surface area (Å²) < 4.78 is 0. The van der Waals surface area contributed by atoms with E-state index in [1.165, 1.54) is 6.42 Å². The fourth-order valence-electron chi connectivity index (χ4n) is 3.97. The summed E-state index contributed by atoms with van der Waals surface area (Å²) in [6.07, 6.45) is 2.17. The molecule has 4 atom stereocenters. The molecule has 0 saturated heterocycles. The second-order valence-corrected chi connectivity index (χ2v) is 6.05. The zero-order valence-electron chi connectivity index (χ0n) is 10.0. The first-order chi connectivity index (χ1) is 6.95. The minimum absolute atomic E-state index is 0.0777. The van der Waals surface area contributed by atoms with Gasteiger partial charge in [0.1, 0.15) is 12.1 Å². The highest BCUT2D eigenvalue weighted by Crippen LogP contribution is 2.64. The molecule has 0 radical (unpaired) electrons. The van der Waals surface area contributed by atoms with E-state index in [2.05, 4.69) is 26.1 Å². The number of aliphatic hydroxyl groups excluding tert-OH is 2. The Morgan fingerprint density at radius 2 is 2.00 bits per heavy atom. The molecule has 4 N–H and O–H groups in total. The lowest BCUT2D eigenvalue weighted by atomic mass is 9.70. The number of hydrogen-bond acceptors (Lipinski definition) is 2. The maximum Gasteiger partial charge on any atom is 0.116 e. The summed E-state index contributed by atoms with van der Waals surface area (Å²) >= 11 is 0. The molecular formula is C12H24NO2+. The molecule has 0 aromatic heterocycles. The average Bonchev–Trinajstić information content (AvgIpc) is 2.48. The van der Waals surface area contributed by atoms with Crippen molar-refractivity contribution in [3.8, 4) is 0 Å². The van der Waals surface area contributed by atoms with Gasteiger partial charge in [-0.2, -0.15) is 0 Å². The van der Waals surface area contributed by atoms with E-state index in [1.807, 2.05) is 0 Å². The van der Waals surface area contributed by atoms with Gasteiger partial charge in [-0.1, -0.05) is 20.8 Å². The fraction of sp³-hybridized carbons (Fsp3) is 1.00. The second kappa shape index (κ2) is 3.44. The van der Waals surface area contributed by atoms with Gasteiger partial charge in [0.2, 0.25) is 0 Å². The summed E-state index contributed by atoms with van der Waals surface area (Å²) in [6, 6.07) is 0.297. The first-order valence-corrected chi connectivity index (χ1v) is 6.07. The van der Waals surface area contributed by atoms with Gasteiger partial charge in [-0.15, -0.1) is 0 Å². The predicted octanol–water partition coefficient (Wildman–Crippen LogP) is -0.272. The highest BCUT2D eigenvalue weighted by Gasteiger charge is 2.67. The van der Waals surface area contributed by atoms with Gasteiger partial charge in [-0.3, -0.25) is 0 Å². The molecule has 0 unspecified atom stereocenters. The first-order valence-electron chi connectivity index (χ1n) is 6.07. The van der Waals surface area contributed by atoms with Crippen LogP contribution in [0.15, 0.2) is 0 Å². The fourth-order valence-corrected chi connectivity index (χ4v) is 3.97. The molecular weight excluding hydrogens is 190 g/mol. The topological polar surface area (TPSA) is 57.1 Å². The first kappa shape index (κ1) is 11.4. The molecule has 0 amide bonds. The van der Waals surface area contributed by atoms with E-state index in [1.54, 1.807) is 0 Å². The smallest absolute Gasteiger partial charge is 0.116 e. The highest BCUT2D eigenvalue weighted by molar-refractivity contribution is 5.14. The van der Waals surface area contributed by atoms with Crippen LogP contribution in [0.2, 0.25) is 0 Å². The molecule has 0 aromatic carbocycles. The molecule has 0 aliphatic heterocycles. The lowest BCUT2D eigenvalue weighted by Gasteiger charge is -2.36. The third kappa shape index (κ3) is 1.30. The van der Waals surface area contributed by atoms with E-state index in [0.29, 0.717) is 18.5 Å². The number of quaternary nitrogens is 1. The van der Waals surface area contributed by atoms with Crippen molar-refractivity contribution in [2.24, 2.45) is 16.7 Å². The average molecular weight is 214 g/mol. The molecule has 0 spiro atoms. The van der Waals surface area contributed by atoms with Gasteiger partial charge in [0.05, 0.1) is 13.2 Å². The molecule has 3 heteroatoms. The number of fused-ring (bicyclic) bond motifs is 2. The van der Waals surface area contributed by atoms with Crippen LogP contribution in [-0.4, -0.2) is 35.5 Å². The molecule has 15 heavy (non-hydrogen) atoms. The van der Waals surface area contributed by atoms with Gasteiger partial charge in [0, 0.05) is 11.3 Å². The van der Waals surface area contributed by atoms with Crippen LogP contribution in [0, 0.1) is 16.7 Å². The van der Waals surface area contributed by atoms with Crippen molar-refractivity contribution in [3.63, 3.8) is 0 Å². The lowest BCUT2D eigenvalue weighted by molar-refractivity contribution is -0.703. The molecule has 2 fully saturated rings. The summed E-state index contributed by atoms with van der Waals surface area (Å²) in [5, 5.41) is 21.4. The predicted molar refractivity (Wildman–Crippen MR) is 58.3 cm³/mol. The zero-order valence-corrected chi connectivity index (χ0v) is 10.0. The Balaban J connectivity index is 2.18. The molecule has 0 aromatic rings. The van der Waals surface area contributed by atoms with Gasteiger partial charge in [0.25, 0.3) is 0 Å². The van der Waals surface area contributed by atoms with Crippen molar-refractivity contribution in [2.45, 2.75) is 45.8 Å². The van der Waals surface area contributed by atoms with E-state index in [0.717, 1.165) is 6.42 Å². The van der Waals surface area contributed by atoms with Crippen LogP contribution in [0.4, 0.5) is 0 Å². The largest absolute Gasteiger partial charge is 0.391 e. The van der Waals surface area contributed by atoms with E-state index in [4.69, 9.17) is 5.11 Å². The second-order valence-electron chi connectivity index (χ2n) is 6.05. The minimum Gasteiger partial charge on any atom is -0.391 e. The Hall–Kier alpha value is -0.120. The molecule has 2 rings (SSSR count). The molecule has 2 bridgehead atoms. The standard InChI is InChI=1S/C12H23NO2/c1-11(2)8-4-5-12(11,3)10(15)9(8)13-6-7-14/h8-10,13-15H,4-7H2,1-3H3/p+1/t8-,9+,10+,12-/m0/s1. The molecule has 0 heterocycles. The molecule has 2 aliphatic carbocycles. The van der Waals surface area contributed by atoms with Crippen molar-refractivity contribution < 1.29 is 15.5 Å². The summed E-state index contributed by atoms with van der Waals surface area (Å²) in [7, 11) is 0. The van der Waals surface area contributed by atoms with Crippen LogP contribution in [-0.2, 0) is 0 Å². The van der Waals surface area contributed by atoms with Crippen LogP contribution in [0.3, 0.4) is 0 Å². The van der Waals surface area contributed by atoms with E-state index >= 15 is 0 Å². The summed E-state index contributed by atoms with van der Waals surface area (Å²) in [4.78, 5) is 0. The summed E-state index contributed by atoms with van der Waals surface area (Å²) in [5.41, 5.74) is 0.317. The Morgan fingerprint density at radius 3 is 2.47 bits per heavy atom. The Labute approximate surface area is 91.9 Å². The van der Waals surface area contributed by atoms with Crippen molar-refractivity contribution >= 4 is 0 Å². The Kier molecular flexibility index (Phi) is 2.61. The SMILES string of the molecule is CC1(C)[C@H]2CC[C@@]1(C)[C@H](O)[C@@H]2[NH2+]CCO. The maximum atomic E-state index is 10.4. The normalized spacial score (nSPS) is 47.4. The Bertz CT molecular complexity index is 254. The van der Waals surface area contributed by atoms with E-state index < -0.39 is 0 Å². The van der Waals surface area contributed by atoms with Gasteiger partial charge in [-0.05, 0) is 18.3 Å². The summed E-state index contributed by atoms with van der Waals surface area (Å²) in [6.45, 7) is 7.73. The maximum absolute atomic E-state index is 10.4. The Morgan fingerprint density at radius 1 is 1.33 bits per heavy atom. The number of rotatable bonds is 3. The molecule has 2 saturated carbocycles. The van der Waals surface area contributed by atoms with Gasteiger partial charge >= 0.3 is 0 Å². The van der Waals surface area contributed by atoms with Crippen LogP contribution in [0.25, 0.3) is 0 Å². The van der Waals surface area contributed by atoms with Crippen molar-refractivity contribution in [1.82, 2.24) is 0 Å². The van der Waals surface area contributed by atoms with Gasteiger partial charge < -0.3 is 15.5 Å². The monoisotopic (exact) mass is 214 g/mol. The van der Waals surface area contributed by atoms with E-state index in [9.17, 15) is 5.11 Å². The van der Waals surface area contributed by atoms with Gasteiger partial charge in [-0.25, -0.2) is 0 Å². The third-order valence-electron chi connectivity index (χ3n) is 5.42.